The van der Waals surface area contributed by atoms with Crippen molar-refractivity contribution in [3.63, 3.8) is 0 Å². The van der Waals surface area contributed by atoms with Crippen LogP contribution < -0.4 is 16.4 Å². The summed E-state index contributed by atoms with van der Waals surface area (Å²) in [4.78, 5) is 19.3. The molecule has 0 aliphatic carbocycles. The normalized spacial score (nSPS) is 10.5. The van der Waals surface area contributed by atoms with Crippen molar-refractivity contribution in [1.29, 1.82) is 0 Å². The maximum atomic E-state index is 10.8. The number of fused-ring (bicyclic) bond motifs is 1. The number of hydrogen-bond acceptors (Lipinski definition) is 6. The molecule has 2 rings (SSSR count). The molecule has 1 amide bonds. The number of nitrogens with one attached hydrogen (secondary N) is 3. The van der Waals surface area contributed by atoms with Crippen LogP contribution in [0.3, 0.4) is 0 Å². The summed E-state index contributed by atoms with van der Waals surface area (Å²) in [5.74, 6) is 0.569. The number of aromatic nitrogens is 4. The average Bonchev–Trinajstić information content (AvgIpc) is 2.81. The number of rotatable bonds is 6. The quantitative estimate of drug-likeness (QED) is 0.575. The largest absolute Gasteiger partial charge is 0.368 e. The van der Waals surface area contributed by atoms with Gasteiger partial charge in [-0.2, -0.15) is 15.1 Å². The number of H-pyrrole nitrogens is 1. The van der Waals surface area contributed by atoms with E-state index in [2.05, 4.69) is 30.8 Å². The first-order chi connectivity index (χ1) is 8.70. The third kappa shape index (κ3) is 2.65. The van der Waals surface area contributed by atoms with E-state index in [9.17, 15) is 4.79 Å². The molecule has 0 saturated heterocycles. The highest BCUT2D eigenvalue weighted by atomic mass is 16.1. The summed E-state index contributed by atoms with van der Waals surface area (Å²) in [7, 11) is 0. The summed E-state index contributed by atoms with van der Waals surface area (Å²) in [6, 6.07) is 0. The van der Waals surface area contributed by atoms with Crippen LogP contribution in [0.25, 0.3) is 11.0 Å². The standard InChI is InChI=1S/C10H15N7O/c1-2-3-12-10-15-8(13-5-7(11)18)6-4-14-17-9(6)16-10/h4H,2-3,5H2,1H3,(H2,11,18)(H3,12,13,14,15,16,17). The molecule has 18 heavy (non-hydrogen) atoms. The van der Waals surface area contributed by atoms with Gasteiger partial charge in [0, 0.05) is 6.54 Å². The molecule has 2 heterocycles. The van der Waals surface area contributed by atoms with E-state index in [1.54, 1.807) is 6.20 Å². The number of nitrogens with two attached hydrogens (primary N) is 1. The number of carbonyl (C=O) groups is 1. The SMILES string of the molecule is CCCNc1nc(NCC(N)=O)c2cn[nH]c2n1. The first-order valence-corrected chi connectivity index (χ1v) is 5.68. The molecule has 0 aromatic carbocycles. The van der Waals surface area contributed by atoms with Gasteiger partial charge in [0.1, 0.15) is 5.82 Å². The first-order valence-electron chi connectivity index (χ1n) is 5.68. The molecule has 0 fully saturated rings. The molecule has 0 spiro atoms. The smallest absolute Gasteiger partial charge is 0.236 e. The second-order valence-electron chi connectivity index (χ2n) is 3.77. The molecule has 0 atom stereocenters. The van der Waals surface area contributed by atoms with E-state index in [0.29, 0.717) is 17.4 Å². The molecule has 8 heteroatoms. The summed E-state index contributed by atoms with van der Waals surface area (Å²) in [6.07, 6.45) is 2.57. The van der Waals surface area contributed by atoms with Gasteiger partial charge in [0.25, 0.3) is 0 Å². The van der Waals surface area contributed by atoms with Crippen LogP contribution in [-0.4, -0.2) is 39.2 Å². The molecule has 0 saturated carbocycles. The fourth-order valence-electron chi connectivity index (χ4n) is 1.46. The van der Waals surface area contributed by atoms with E-state index in [0.717, 1.165) is 18.4 Å². The average molecular weight is 249 g/mol. The number of amides is 1. The second kappa shape index (κ2) is 5.30. The minimum Gasteiger partial charge on any atom is -0.368 e. The van der Waals surface area contributed by atoms with Crippen molar-refractivity contribution in [2.45, 2.75) is 13.3 Å². The fourth-order valence-corrected chi connectivity index (χ4v) is 1.46. The second-order valence-corrected chi connectivity index (χ2v) is 3.77. The van der Waals surface area contributed by atoms with Crippen LogP contribution >= 0.6 is 0 Å². The Morgan fingerprint density at radius 3 is 3.00 bits per heavy atom. The summed E-state index contributed by atoms with van der Waals surface area (Å²) in [6.45, 7) is 2.84. The number of primary amides is 1. The lowest BCUT2D eigenvalue weighted by molar-refractivity contribution is -0.116. The van der Waals surface area contributed by atoms with Gasteiger partial charge in [-0.25, -0.2) is 0 Å². The van der Waals surface area contributed by atoms with Gasteiger partial charge in [-0.15, -0.1) is 0 Å². The van der Waals surface area contributed by atoms with Crippen LogP contribution in [0.1, 0.15) is 13.3 Å². The molecule has 0 unspecified atom stereocenters. The van der Waals surface area contributed by atoms with Crippen molar-refractivity contribution in [2.75, 3.05) is 23.7 Å². The van der Waals surface area contributed by atoms with E-state index in [1.807, 2.05) is 6.92 Å². The zero-order valence-corrected chi connectivity index (χ0v) is 10.0. The van der Waals surface area contributed by atoms with Crippen molar-refractivity contribution < 1.29 is 4.79 Å². The Morgan fingerprint density at radius 2 is 2.28 bits per heavy atom. The molecule has 0 aliphatic heterocycles. The molecule has 0 bridgehead atoms. The zero-order chi connectivity index (χ0) is 13.0. The van der Waals surface area contributed by atoms with Crippen LogP contribution in [0.2, 0.25) is 0 Å². The number of hydrogen-bond donors (Lipinski definition) is 4. The fraction of sp³-hybridized carbons (Fsp3) is 0.400. The number of aromatic amines is 1. The van der Waals surface area contributed by atoms with Crippen molar-refractivity contribution in [2.24, 2.45) is 5.73 Å². The summed E-state index contributed by atoms with van der Waals surface area (Å²) >= 11 is 0. The lowest BCUT2D eigenvalue weighted by Crippen LogP contribution is -2.22. The zero-order valence-electron chi connectivity index (χ0n) is 10.0. The highest BCUT2D eigenvalue weighted by Crippen LogP contribution is 2.19. The van der Waals surface area contributed by atoms with Gasteiger partial charge in [-0.3, -0.25) is 9.89 Å². The Hall–Kier alpha value is -2.38. The van der Waals surface area contributed by atoms with Crippen molar-refractivity contribution in [1.82, 2.24) is 20.2 Å². The minimum absolute atomic E-state index is 0.0184. The summed E-state index contributed by atoms with van der Waals surface area (Å²) in [5, 5.41) is 13.3. The van der Waals surface area contributed by atoms with Gasteiger partial charge >= 0.3 is 0 Å². The molecule has 5 N–H and O–H groups in total. The van der Waals surface area contributed by atoms with Crippen LogP contribution in [0.15, 0.2) is 6.20 Å². The molecule has 8 nitrogen and oxygen atoms in total. The minimum atomic E-state index is -0.451. The number of nitrogens with zero attached hydrogens (tertiary/aromatic N) is 3. The van der Waals surface area contributed by atoms with Gasteiger partial charge in [-0.1, -0.05) is 6.92 Å². The van der Waals surface area contributed by atoms with E-state index in [4.69, 9.17) is 5.73 Å². The Labute approximate surface area is 103 Å². The highest BCUT2D eigenvalue weighted by molar-refractivity contribution is 5.89. The lowest BCUT2D eigenvalue weighted by Gasteiger charge is -2.07. The number of carbonyl (C=O) groups excluding carboxylic acids is 1. The first kappa shape index (κ1) is 12.1. The third-order valence-corrected chi connectivity index (χ3v) is 2.27. The predicted octanol–water partition coefficient (Wildman–Crippen LogP) is 0.0720. The Kier molecular flexibility index (Phi) is 3.56. The maximum absolute atomic E-state index is 10.8. The van der Waals surface area contributed by atoms with Crippen LogP contribution in [0.5, 0.6) is 0 Å². The van der Waals surface area contributed by atoms with Gasteiger partial charge in [-0.05, 0) is 6.42 Å². The van der Waals surface area contributed by atoms with Gasteiger partial charge in [0.05, 0.1) is 18.1 Å². The van der Waals surface area contributed by atoms with Gasteiger partial charge in [0.15, 0.2) is 5.65 Å². The van der Waals surface area contributed by atoms with Crippen LogP contribution in [-0.2, 0) is 4.79 Å². The topological polar surface area (TPSA) is 122 Å². The van der Waals surface area contributed by atoms with Gasteiger partial charge < -0.3 is 16.4 Å². The van der Waals surface area contributed by atoms with Gasteiger partial charge in [0.2, 0.25) is 11.9 Å². The summed E-state index contributed by atoms with van der Waals surface area (Å²) < 4.78 is 0. The highest BCUT2D eigenvalue weighted by Gasteiger charge is 2.09. The molecule has 0 aliphatic rings. The van der Waals surface area contributed by atoms with Crippen LogP contribution in [0.4, 0.5) is 11.8 Å². The molecule has 2 aromatic heterocycles. The Bertz CT molecular complexity index is 550. The molecular formula is C10H15N7O. The molecule has 2 aromatic rings. The molecule has 0 radical (unpaired) electrons. The molecular weight excluding hydrogens is 234 g/mol. The Balaban J connectivity index is 2.29. The van der Waals surface area contributed by atoms with E-state index < -0.39 is 5.91 Å². The third-order valence-electron chi connectivity index (χ3n) is 2.27. The predicted molar refractivity (Wildman–Crippen MR) is 68.1 cm³/mol. The van der Waals surface area contributed by atoms with E-state index in [-0.39, 0.29) is 6.54 Å². The Morgan fingerprint density at radius 1 is 1.44 bits per heavy atom. The van der Waals surface area contributed by atoms with Crippen molar-refractivity contribution in [3.05, 3.63) is 6.20 Å². The van der Waals surface area contributed by atoms with Crippen LogP contribution in [0, 0.1) is 0 Å². The van der Waals surface area contributed by atoms with Crippen molar-refractivity contribution >= 4 is 28.7 Å². The maximum Gasteiger partial charge on any atom is 0.236 e. The van der Waals surface area contributed by atoms with Crippen molar-refractivity contribution in [3.8, 4) is 0 Å². The number of anilines is 2. The van der Waals surface area contributed by atoms with E-state index >= 15 is 0 Å². The molecule has 96 valence electrons. The monoisotopic (exact) mass is 249 g/mol. The lowest BCUT2D eigenvalue weighted by atomic mass is 10.4. The summed E-state index contributed by atoms with van der Waals surface area (Å²) in [5.41, 5.74) is 5.70. The van der Waals surface area contributed by atoms with E-state index in [1.165, 1.54) is 0 Å².